The molecule has 20 heavy (non-hydrogen) atoms. The number of para-hydroxylation sites is 2. The second kappa shape index (κ2) is 5.21. The predicted octanol–water partition coefficient (Wildman–Crippen LogP) is 3.41. The van der Waals surface area contributed by atoms with E-state index in [9.17, 15) is 4.79 Å². The molecule has 0 fully saturated rings. The average molecular weight is 264 g/mol. The van der Waals surface area contributed by atoms with Gasteiger partial charge in [0.05, 0.1) is 17.6 Å². The third-order valence-electron chi connectivity index (χ3n) is 3.41. The number of H-pyrrole nitrogens is 1. The fourth-order valence-electron chi connectivity index (χ4n) is 2.45. The van der Waals surface area contributed by atoms with Crippen molar-refractivity contribution < 1.29 is 0 Å². The number of hydrogen-bond acceptors (Lipinski definition) is 1. The third-order valence-corrected chi connectivity index (χ3v) is 3.41. The molecule has 2 aromatic carbocycles. The van der Waals surface area contributed by atoms with E-state index in [2.05, 4.69) is 23.2 Å². The van der Waals surface area contributed by atoms with Crippen molar-refractivity contribution in [3.63, 3.8) is 0 Å². The molecule has 0 bridgehead atoms. The van der Waals surface area contributed by atoms with Gasteiger partial charge in [-0.05, 0) is 30.2 Å². The van der Waals surface area contributed by atoms with Crippen molar-refractivity contribution in [1.29, 1.82) is 0 Å². The van der Waals surface area contributed by atoms with Crippen molar-refractivity contribution in [1.82, 2.24) is 9.55 Å². The standard InChI is InChI=1S/C17H16N2O/c1-2-7-13-8-3-4-9-14(13)12-19-16-11-6-5-10-15(16)18-17(19)20/h2-11H,12H2,1H3,(H,18,20)/b7-2+. The average Bonchev–Trinajstić information content (AvgIpc) is 2.78. The molecule has 3 rings (SSSR count). The maximum atomic E-state index is 12.1. The number of aromatic amines is 1. The first-order valence-corrected chi connectivity index (χ1v) is 6.68. The van der Waals surface area contributed by atoms with Crippen LogP contribution in [0.2, 0.25) is 0 Å². The van der Waals surface area contributed by atoms with E-state index in [-0.39, 0.29) is 5.69 Å². The molecule has 100 valence electrons. The summed E-state index contributed by atoms with van der Waals surface area (Å²) in [6, 6.07) is 15.9. The molecule has 3 aromatic rings. The Morgan fingerprint density at radius 2 is 1.85 bits per heavy atom. The number of hydrogen-bond donors (Lipinski definition) is 1. The zero-order chi connectivity index (χ0) is 13.9. The van der Waals surface area contributed by atoms with Crippen LogP contribution in [0.1, 0.15) is 18.1 Å². The van der Waals surface area contributed by atoms with Crippen molar-refractivity contribution >= 4 is 17.1 Å². The fraction of sp³-hybridized carbons (Fsp3) is 0.118. The van der Waals surface area contributed by atoms with Crippen LogP contribution < -0.4 is 5.69 Å². The quantitative estimate of drug-likeness (QED) is 0.773. The van der Waals surface area contributed by atoms with Gasteiger partial charge in [-0.2, -0.15) is 0 Å². The predicted molar refractivity (Wildman–Crippen MR) is 82.8 cm³/mol. The van der Waals surface area contributed by atoms with Crippen LogP contribution in [0, 0.1) is 0 Å². The Kier molecular flexibility index (Phi) is 3.25. The molecular weight excluding hydrogens is 248 g/mol. The highest BCUT2D eigenvalue weighted by atomic mass is 16.1. The summed E-state index contributed by atoms with van der Waals surface area (Å²) in [5.74, 6) is 0. The number of imidazole rings is 1. The third kappa shape index (κ3) is 2.18. The van der Waals surface area contributed by atoms with Gasteiger partial charge in [-0.15, -0.1) is 0 Å². The molecule has 0 unspecified atom stereocenters. The topological polar surface area (TPSA) is 37.8 Å². The molecule has 0 aliphatic heterocycles. The minimum absolute atomic E-state index is 0.0681. The van der Waals surface area contributed by atoms with Gasteiger partial charge in [0.25, 0.3) is 0 Å². The number of rotatable bonds is 3. The number of nitrogens with one attached hydrogen (secondary N) is 1. The van der Waals surface area contributed by atoms with Crippen LogP contribution in [0.4, 0.5) is 0 Å². The molecule has 0 saturated carbocycles. The monoisotopic (exact) mass is 264 g/mol. The second-order valence-electron chi connectivity index (χ2n) is 4.73. The van der Waals surface area contributed by atoms with Crippen LogP contribution in [-0.2, 0) is 6.54 Å². The van der Waals surface area contributed by atoms with Crippen molar-refractivity contribution in [3.05, 3.63) is 76.2 Å². The van der Waals surface area contributed by atoms with Crippen LogP contribution >= 0.6 is 0 Å². The minimum Gasteiger partial charge on any atom is -0.306 e. The Bertz CT molecular complexity index is 824. The van der Waals surface area contributed by atoms with Gasteiger partial charge in [-0.3, -0.25) is 4.57 Å². The van der Waals surface area contributed by atoms with Crippen molar-refractivity contribution in [3.8, 4) is 0 Å². The van der Waals surface area contributed by atoms with E-state index in [1.54, 1.807) is 4.57 Å². The van der Waals surface area contributed by atoms with Crippen molar-refractivity contribution in [2.24, 2.45) is 0 Å². The summed E-state index contributed by atoms with van der Waals surface area (Å²) in [7, 11) is 0. The Balaban J connectivity index is 2.10. The highest BCUT2D eigenvalue weighted by Crippen LogP contribution is 2.15. The van der Waals surface area contributed by atoms with E-state index in [0.29, 0.717) is 6.54 Å². The molecule has 0 aliphatic rings. The van der Waals surface area contributed by atoms with E-state index in [0.717, 1.165) is 22.2 Å². The Morgan fingerprint density at radius 3 is 2.70 bits per heavy atom. The molecule has 1 N–H and O–H groups in total. The first-order valence-electron chi connectivity index (χ1n) is 6.68. The SMILES string of the molecule is C/C=C/c1ccccc1Cn1c(=O)[nH]c2ccccc21. The zero-order valence-corrected chi connectivity index (χ0v) is 11.3. The first-order chi connectivity index (χ1) is 9.79. The summed E-state index contributed by atoms with van der Waals surface area (Å²) in [6.07, 6.45) is 4.08. The fourth-order valence-corrected chi connectivity index (χ4v) is 2.45. The molecule has 1 aromatic heterocycles. The number of allylic oxidation sites excluding steroid dienone is 1. The largest absolute Gasteiger partial charge is 0.326 e. The Hall–Kier alpha value is -2.55. The summed E-state index contributed by atoms with van der Waals surface area (Å²) in [4.78, 5) is 15.0. The number of fused-ring (bicyclic) bond motifs is 1. The van der Waals surface area contributed by atoms with Gasteiger partial charge in [0.2, 0.25) is 0 Å². The van der Waals surface area contributed by atoms with Crippen LogP contribution in [-0.4, -0.2) is 9.55 Å². The van der Waals surface area contributed by atoms with Crippen LogP contribution in [0.5, 0.6) is 0 Å². The molecule has 0 aliphatic carbocycles. The summed E-state index contributed by atoms with van der Waals surface area (Å²) < 4.78 is 1.78. The summed E-state index contributed by atoms with van der Waals surface area (Å²) in [6.45, 7) is 2.57. The molecule has 3 heteroatoms. The maximum Gasteiger partial charge on any atom is 0.326 e. The van der Waals surface area contributed by atoms with Gasteiger partial charge in [-0.1, -0.05) is 48.6 Å². The molecule has 1 heterocycles. The highest BCUT2D eigenvalue weighted by molar-refractivity contribution is 5.75. The van der Waals surface area contributed by atoms with Gasteiger partial charge in [-0.25, -0.2) is 4.79 Å². The lowest BCUT2D eigenvalue weighted by Crippen LogP contribution is -2.17. The van der Waals surface area contributed by atoms with Crippen LogP contribution in [0.15, 0.2) is 59.4 Å². The Morgan fingerprint density at radius 1 is 1.10 bits per heavy atom. The molecule has 0 radical (unpaired) electrons. The van der Waals surface area contributed by atoms with Gasteiger partial charge in [0.15, 0.2) is 0 Å². The first kappa shape index (κ1) is 12.5. The van der Waals surface area contributed by atoms with E-state index in [4.69, 9.17) is 0 Å². The number of aromatic nitrogens is 2. The number of nitrogens with zero attached hydrogens (tertiary/aromatic N) is 1. The molecule has 0 amide bonds. The van der Waals surface area contributed by atoms with Crippen molar-refractivity contribution in [2.75, 3.05) is 0 Å². The molecule has 0 atom stereocenters. The molecule has 0 saturated heterocycles. The second-order valence-corrected chi connectivity index (χ2v) is 4.73. The lowest BCUT2D eigenvalue weighted by molar-refractivity contribution is 0.785. The summed E-state index contributed by atoms with van der Waals surface area (Å²) in [5.41, 5.74) is 4.03. The van der Waals surface area contributed by atoms with Crippen LogP contribution in [0.3, 0.4) is 0 Å². The molecule has 0 spiro atoms. The van der Waals surface area contributed by atoms with Gasteiger partial charge < -0.3 is 4.98 Å². The minimum atomic E-state index is -0.0681. The van der Waals surface area contributed by atoms with Crippen LogP contribution in [0.25, 0.3) is 17.1 Å². The van der Waals surface area contributed by atoms with Gasteiger partial charge >= 0.3 is 5.69 Å². The zero-order valence-electron chi connectivity index (χ0n) is 11.3. The van der Waals surface area contributed by atoms with E-state index in [1.165, 1.54) is 0 Å². The number of benzene rings is 2. The summed E-state index contributed by atoms with van der Waals surface area (Å²) >= 11 is 0. The van der Waals surface area contributed by atoms with Gasteiger partial charge in [0, 0.05) is 0 Å². The van der Waals surface area contributed by atoms with Gasteiger partial charge in [0.1, 0.15) is 0 Å². The molecule has 3 nitrogen and oxygen atoms in total. The smallest absolute Gasteiger partial charge is 0.306 e. The normalized spacial score (nSPS) is 11.4. The molecular formula is C17H16N2O. The maximum absolute atomic E-state index is 12.1. The highest BCUT2D eigenvalue weighted by Gasteiger charge is 2.07. The van der Waals surface area contributed by atoms with E-state index in [1.807, 2.05) is 49.4 Å². The lowest BCUT2D eigenvalue weighted by Gasteiger charge is -2.07. The van der Waals surface area contributed by atoms with E-state index >= 15 is 0 Å². The Labute approximate surface area is 117 Å². The van der Waals surface area contributed by atoms with Crippen molar-refractivity contribution in [2.45, 2.75) is 13.5 Å². The van der Waals surface area contributed by atoms with E-state index < -0.39 is 0 Å². The summed E-state index contributed by atoms with van der Waals surface area (Å²) in [5, 5.41) is 0. The lowest BCUT2D eigenvalue weighted by atomic mass is 10.1.